The first-order chi connectivity index (χ1) is 8.54. The van der Waals surface area contributed by atoms with Gasteiger partial charge >= 0.3 is 0 Å². The summed E-state index contributed by atoms with van der Waals surface area (Å²) in [5.74, 6) is 0. The number of thiocarbonyl (C=S) groups is 1. The molecule has 0 aromatic heterocycles. The first kappa shape index (κ1) is 16.1. The van der Waals surface area contributed by atoms with Crippen LogP contribution in [0.3, 0.4) is 0 Å². The van der Waals surface area contributed by atoms with Gasteiger partial charge in [0, 0.05) is 6.26 Å². The lowest BCUT2D eigenvalue weighted by Crippen LogP contribution is -2.44. The third kappa shape index (κ3) is 4.28. The second-order valence-corrected chi connectivity index (χ2v) is 7.97. The van der Waals surface area contributed by atoms with Crippen LogP contribution in [0.2, 0.25) is 5.02 Å². The molecule has 0 unspecified atom stereocenters. The average Bonchev–Trinajstić information content (AvgIpc) is 2.25. The Morgan fingerprint density at radius 1 is 1.32 bits per heavy atom. The minimum atomic E-state index is -4.09. The van der Waals surface area contributed by atoms with Gasteiger partial charge in [-0.2, -0.15) is 0 Å². The van der Waals surface area contributed by atoms with Crippen LogP contribution in [0.25, 0.3) is 0 Å². The quantitative estimate of drug-likeness (QED) is 0.510. The fourth-order valence-electron chi connectivity index (χ4n) is 1.09. The van der Waals surface area contributed by atoms with Gasteiger partial charge in [-0.1, -0.05) is 11.6 Å². The molecule has 0 heterocycles. The van der Waals surface area contributed by atoms with Crippen LogP contribution in [0.5, 0.6) is 0 Å². The van der Waals surface area contributed by atoms with Gasteiger partial charge in [0.2, 0.25) is 0 Å². The molecule has 0 bridgehead atoms. The Morgan fingerprint density at radius 3 is 2.37 bits per heavy atom. The number of benzene rings is 1. The summed E-state index contributed by atoms with van der Waals surface area (Å²) < 4.78 is 46.5. The van der Waals surface area contributed by atoms with Crippen molar-refractivity contribution in [1.29, 1.82) is 0 Å². The second-order valence-electron chi connectivity index (χ2n) is 3.46. The van der Waals surface area contributed by atoms with Crippen molar-refractivity contribution in [2.24, 2.45) is 5.73 Å². The first-order valence-electron chi connectivity index (χ1n) is 4.61. The molecule has 0 spiro atoms. The van der Waals surface area contributed by atoms with E-state index < -0.39 is 24.8 Å². The molecule has 0 atom stereocenters. The number of nitrogens with two attached hydrogens (primary N) is 1. The van der Waals surface area contributed by atoms with Crippen molar-refractivity contribution in [2.45, 2.75) is 9.79 Å². The van der Waals surface area contributed by atoms with Crippen molar-refractivity contribution in [2.75, 3.05) is 6.26 Å². The molecule has 0 aliphatic heterocycles. The fraction of sp³-hybridized carbons (Fsp3) is 0.125. The number of hydrogen-bond acceptors (Lipinski definition) is 5. The molecule has 1 rings (SSSR count). The molecule has 7 nitrogen and oxygen atoms in total. The summed E-state index contributed by atoms with van der Waals surface area (Å²) in [5, 5.41) is -0.427. The van der Waals surface area contributed by atoms with Gasteiger partial charge in [0.05, 0.1) is 9.92 Å². The van der Waals surface area contributed by atoms with Gasteiger partial charge in [0.15, 0.2) is 14.9 Å². The number of halogens is 1. The van der Waals surface area contributed by atoms with E-state index in [-0.39, 0.29) is 15.0 Å². The molecular weight excluding hydrogens is 334 g/mol. The maximum atomic E-state index is 11.9. The Labute approximate surface area is 121 Å². The number of sulfonamides is 1. The SMILES string of the molecule is CS(=O)(=O)c1ccc(Cl)c(S(=O)(=O)NNC(N)=S)c1. The van der Waals surface area contributed by atoms with Gasteiger partial charge in [-0.15, -0.1) is 4.83 Å². The maximum absolute atomic E-state index is 11.9. The van der Waals surface area contributed by atoms with E-state index >= 15 is 0 Å². The molecule has 0 aliphatic carbocycles. The Balaban J connectivity index is 3.30. The lowest BCUT2D eigenvalue weighted by molar-refractivity contribution is 0.577. The zero-order valence-electron chi connectivity index (χ0n) is 9.55. The van der Waals surface area contributed by atoms with E-state index in [0.29, 0.717) is 0 Å². The summed E-state index contributed by atoms with van der Waals surface area (Å²) in [6.45, 7) is 0. The summed E-state index contributed by atoms with van der Waals surface area (Å²) in [5.41, 5.74) is 7.11. The highest BCUT2D eigenvalue weighted by molar-refractivity contribution is 7.91. The molecule has 0 aliphatic rings. The molecule has 11 heteroatoms. The zero-order valence-corrected chi connectivity index (χ0v) is 12.8. The highest BCUT2D eigenvalue weighted by Crippen LogP contribution is 2.24. The number of nitrogens with one attached hydrogen (secondary N) is 2. The summed E-state index contributed by atoms with van der Waals surface area (Å²) in [6.07, 6.45) is 0.952. The van der Waals surface area contributed by atoms with Gasteiger partial charge in [-0.3, -0.25) is 5.43 Å². The van der Waals surface area contributed by atoms with Crippen molar-refractivity contribution in [3.05, 3.63) is 23.2 Å². The Morgan fingerprint density at radius 2 is 1.89 bits per heavy atom. The van der Waals surface area contributed by atoms with Gasteiger partial charge in [-0.25, -0.2) is 16.8 Å². The predicted octanol–water partition coefficient (Wildman–Crippen LogP) is -0.230. The van der Waals surface area contributed by atoms with Crippen molar-refractivity contribution in [1.82, 2.24) is 10.3 Å². The number of hydrogen-bond donors (Lipinski definition) is 3. The van der Waals surface area contributed by atoms with Crippen molar-refractivity contribution < 1.29 is 16.8 Å². The molecule has 0 saturated heterocycles. The summed E-state index contributed by atoms with van der Waals surface area (Å²) in [6, 6.07) is 3.33. The maximum Gasteiger partial charge on any atom is 0.258 e. The van der Waals surface area contributed by atoms with Crippen LogP contribution in [0.1, 0.15) is 0 Å². The summed E-state index contributed by atoms with van der Waals surface area (Å²) in [7, 11) is -7.65. The summed E-state index contributed by atoms with van der Waals surface area (Å²) in [4.78, 5) is 1.30. The van der Waals surface area contributed by atoms with Crippen LogP contribution >= 0.6 is 23.8 Å². The Hall–Kier alpha value is -0.940. The van der Waals surface area contributed by atoms with Crippen LogP contribution in [-0.2, 0) is 19.9 Å². The third-order valence-electron chi connectivity index (χ3n) is 1.93. The van der Waals surface area contributed by atoms with Crippen LogP contribution < -0.4 is 16.0 Å². The molecule has 1 aromatic rings. The first-order valence-corrected chi connectivity index (χ1v) is 8.77. The highest BCUT2D eigenvalue weighted by Gasteiger charge is 2.20. The molecule has 4 N–H and O–H groups in total. The molecule has 19 heavy (non-hydrogen) atoms. The number of sulfone groups is 1. The fourth-order valence-corrected chi connectivity index (χ4v) is 3.31. The molecule has 106 valence electrons. The smallest absolute Gasteiger partial charge is 0.258 e. The second kappa shape index (κ2) is 5.59. The van der Waals surface area contributed by atoms with Gasteiger partial charge in [0.1, 0.15) is 4.90 Å². The summed E-state index contributed by atoms with van der Waals surface area (Å²) >= 11 is 10.2. The molecule has 1 aromatic carbocycles. The molecule has 0 saturated carbocycles. The zero-order chi connectivity index (χ0) is 14.8. The lowest BCUT2D eigenvalue weighted by Gasteiger charge is -2.10. The standard InChI is InChI=1S/C8H10ClN3O4S3/c1-18(13,14)5-2-3-6(9)7(4-5)19(15,16)12-11-8(10)17/h2-4,12H,1H3,(H3,10,11,17). The van der Waals surface area contributed by atoms with Crippen LogP contribution in [0.15, 0.2) is 28.0 Å². The minimum Gasteiger partial charge on any atom is -0.375 e. The van der Waals surface area contributed by atoms with E-state index in [0.717, 1.165) is 12.3 Å². The van der Waals surface area contributed by atoms with E-state index in [1.165, 1.54) is 12.1 Å². The third-order valence-corrected chi connectivity index (χ3v) is 4.87. The van der Waals surface area contributed by atoms with E-state index in [1.807, 2.05) is 10.3 Å². The van der Waals surface area contributed by atoms with E-state index in [1.54, 1.807) is 0 Å². The monoisotopic (exact) mass is 343 g/mol. The number of rotatable bonds is 4. The van der Waals surface area contributed by atoms with Gasteiger partial charge < -0.3 is 5.73 Å². The van der Waals surface area contributed by atoms with Crippen LogP contribution in [0.4, 0.5) is 0 Å². The van der Waals surface area contributed by atoms with Gasteiger partial charge in [-0.05, 0) is 30.4 Å². The highest BCUT2D eigenvalue weighted by atomic mass is 35.5. The van der Waals surface area contributed by atoms with E-state index in [2.05, 4.69) is 12.2 Å². The van der Waals surface area contributed by atoms with Crippen LogP contribution in [-0.4, -0.2) is 28.2 Å². The largest absolute Gasteiger partial charge is 0.375 e. The molecule has 0 radical (unpaired) electrons. The van der Waals surface area contributed by atoms with Crippen molar-refractivity contribution in [3.8, 4) is 0 Å². The van der Waals surface area contributed by atoms with Crippen molar-refractivity contribution in [3.63, 3.8) is 0 Å². The van der Waals surface area contributed by atoms with E-state index in [4.69, 9.17) is 17.3 Å². The Kier molecular flexibility index (Phi) is 4.74. The lowest BCUT2D eigenvalue weighted by atomic mass is 10.4. The van der Waals surface area contributed by atoms with Gasteiger partial charge in [0.25, 0.3) is 10.0 Å². The molecule has 0 amide bonds. The van der Waals surface area contributed by atoms with Crippen LogP contribution in [0, 0.1) is 0 Å². The number of hydrazine groups is 1. The minimum absolute atomic E-state index is 0.135. The topological polar surface area (TPSA) is 118 Å². The predicted molar refractivity (Wildman–Crippen MR) is 74.8 cm³/mol. The average molecular weight is 344 g/mol. The van der Waals surface area contributed by atoms with E-state index in [9.17, 15) is 16.8 Å². The molecular formula is C8H10ClN3O4S3. The van der Waals surface area contributed by atoms with Crippen molar-refractivity contribution >= 4 is 48.8 Å². The Bertz CT molecular complexity index is 715. The molecule has 0 fully saturated rings. The normalized spacial score (nSPS) is 12.1.